The summed E-state index contributed by atoms with van der Waals surface area (Å²) in [6.07, 6.45) is 2.70. The molecule has 0 fully saturated rings. The number of hydrogen-bond donors (Lipinski definition) is 2. The van der Waals surface area contributed by atoms with Crippen molar-refractivity contribution in [1.82, 2.24) is 5.32 Å². The first-order valence-electron chi connectivity index (χ1n) is 8.35. The first-order valence-corrected chi connectivity index (χ1v) is 9.74. The molecule has 2 aromatic rings. The van der Waals surface area contributed by atoms with E-state index in [2.05, 4.69) is 5.32 Å². The third-order valence-electron chi connectivity index (χ3n) is 4.16. The molecular formula is C20H26N2O2S. The predicted octanol–water partition coefficient (Wildman–Crippen LogP) is 3.62. The van der Waals surface area contributed by atoms with Crippen LogP contribution < -0.4 is 15.8 Å². The lowest BCUT2D eigenvalue weighted by atomic mass is 10.0. The lowest BCUT2D eigenvalue weighted by Crippen LogP contribution is -2.41. The number of para-hydroxylation sites is 1. The van der Waals surface area contributed by atoms with Crippen LogP contribution in [-0.2, 0) is 4.79 Å². The third-order valence-corrected chi connectivity index (χ3v) is 4.80. The summed E-state index contributed by atoms with van der Waals surface area (Å²) in [7, 11) is 1.67. The van der Waals surface area contributed by atoms with E-state index < -0.39 is 6.04 Å². The van der Waals surface area contributed by atoms with Gasteiger partial charge in [-0.3, -0.25) is 4.79 Å². The van der Waals surface area contributed by atoms with Crippen LogP contribution in [0.5, 0.6) is 5.75 Å². The molecule has 2 rings (SSSR count). The third kappa shape index (κ3) is 5.25. The molecular weight excluding hydrogens is 332 g/mol. The fraction of sp³-hybridized carbons (Fsp3) is 0.350. The fourth-order valence-corrected chi connectivity index (χ4v) is 3.10. The zero-order valence-electron chi connectivity index (χ0n) is 15.0. The molecule has 2 aromatic carbocycles. The summed E-state index contributed by atoms with van der Waals surface area (Å²) in [4.78, 5) is 12.1. The van der Waals surface area contributed by atoms with Crippen LogP contribution in [0.4, 0.5) is 0 Å². The van der Waals surface area contributed by atoms with Gasteiger partial charge in [0.15, 0.2) is 0 Å². The van der Waals surface area contributed by atoms with Crippen LogP contribution in [0, 0.1) is 0 Å². The number of carbonyl (C=O) groups excluding carboxylic acids is 1. The second kappa shape index (κ2) is 9.49. The molecule has 0 aliphatic rings. The van der Waals surface area contributed by atoms with Crippen LogP contribution in [0.15, 0.2) is 48.5 Å². The SMILES string of the molecule is COc1ccccc1-c1ccc(C(C)NC(=O)[C@@H](N)CCSC)cc1. The number of nitrogens with two attached hydrogens (primary N) is 1. The summed E-state index contributed by atoms with van der Waals surface area (Å²) in [5.41, 5.74) is 9.10. The minimum absolute atomic E-state index is 0.0838. The summed E-state index contributed by atoms with van der Waals surface area (Å²) >= 11 is 1.69. The molecule has 0 heterocycles. The van der Waals surface area contributed by atoms with Crippen LogP contribution in [0.25, 0.3) is 11.1 Å². The van der Waals surface area contributed by atoms with Gasteiger partial charge >= 0.3 is 0 Å². The minimum Gasteiger partial charge on any atom is -0.496 e. The second-order valence-corrected chi connectivity index (χ2v) is 6.93. The van der Waals surface area contributed by atoms with Gasteiger partial charge in [0.2, 0.25) is 5.91 Å². The number of thioether (sulfide) groups is 1. The maximum absolute atomic E-state index is 12.1. The van der Waals surface area contributed by atoms with Crippen molar-refractivity contribution in [3.63, 3.8) is 0 Å². The Labute approximate surface area is 154 Å². The molecule has 0 saturated carbocycles. The largest absolute Gasteiger partial charge is 0.496 e. The Morgan fingerprint density at radius 2 is 1.88 bits per heavy atom. The minimum atomic E-state index is -0.456. The first kappa shape index (κ1) is 19.3. The van der Waals surface area contributed by atoms with Crippen molar-refractivity contribution >= 4 is 17.7 Å². The molecule has 0 aliphatic heterocycles. The highest BCUT2D eigenvalue weighted by molar-refractivity contribution is 7.98. The van der Waals surface area contributed by atoms with E-state index in [0.29, 0.717) is 6.42 Å². The zero-order chi connectivity index (χ0) is 18.2. The van der Waals surface area contributed by atoms with Crippen molar-refractivity contribution in [2.75, 3.05) is 19.1 Å². The smallest absolute Gasteiger partial charge is 0.237 e. The van der Waals surface area contributed by atoms with Gasteiger partial charge in [0.25, 0.3) is 0 Å². The molecule has 0 aliphatic carbocycles. The van der Waals surface area contributed by atoms with Gasteiger partial charge in [0, 0.05) is 5.56 Å². The van der Waals surface area contributed by atoms with Crippen molar-refractivity contribution in [2.24, 2.45) is 5.73 Å². The van der Waals surface area contributed by atoms with E-state index in [1.807, 2.05) is 61.7 Å². The maximum Gasteiger partial charge on any atom is 0.237 e. The molecule has 0 saturated heterocycles. The zero-order valence-corrected chi connectivity index (χ0v) is 15.8. The number of carbonyl (C=O) groups is 1. The normalized spacial score (nSPS) is 13.1. The van der Waals surface area contributed by atoms with E-state index in [1.54, 1.807) is 18.9 Å². The number of nitrogens with one attached hydrogen (secondary N) is 1. The molecule has 134 valence electrons. The Bertz CT molecular complexity index is 688. The van der Waals surface area contributed by atoms with Gasteiger partial charge < -0.3 is 15.8 Å². The summed E-state index contributed by atoms with van der Waals surface area (Å²) in [5.74, 6) is 1.63. The Morgan fingerprint density at radius 3 is 2.52 bits per heavy atom. The Morgan fingerprint density at radius 1 is 1.20 bits per heavy atom. The van der Waals surface area contributed by atoms with Gasteiger partial charge in [0.1, 0.15) is 5.75 Å². The number of ether oxygens (including phenoxy) is 1. The molecule has 4 nitrogen and oxygen atoms in total. The number of amides is 1. The van der Waals surface area contributed by atoms with Gasteiger partial charge in [-0.2, -0.15) is 11.8 Å². The van der Waals surface area contributed by atoms with Crippen molar-refractivity contribution < 1.29 is 9.53 Å². The van der Waals surface area contributed by atoms with Crippen LogP contribution >= 0.6 is 11.8 Å². The van der Waals surface area contributed by atoms with E-state index >= 15 is 0 Å². The molecule has 0 bridgehead atoms. The molecule has 2 atom stereocenters. The van der Waals surface area contributed by atoms with E-state index in [9.17, 15) is 4.79 Å². The molecule has 1 amide bonds. The number of hydrogen-bond acceptors (Lipinski definition) is 4. The van der Waals surface area contributed by atoms with Gasteiger partial charge in [-0.1, -0.05) is 42.5 Å². The van der Waals surface area contributed by atoms with Crippen LogP contribution in [-0.4, -0.2) is 31.1 Å². The van der Waals surface area contributed by atoms with Crippen LogP contribution in [0.1, 0.15) is 24.9 Å². The number of benzene rings is 2. The van der Waals surface area contributed by atoms with E-state index in [-0.39, 0.29) is 11.9 Å². The average Bonchev–Trinajstić information content (AvgIpc) is 2.66. The number of rotatable bonds is 8. The standard InChI is InChI=1S/C20H26N2O2S/c1-14(22-20(23)18(21)12-13-25-3)15-8-10-16(11-9-15)17-6-4-5-7-19(17)24-2/h4-11,14,18H,12-13,21H2,1-3H3,(H,22,23)/t14?,18-/m0/s1. The maximum atomic E-state index is 12.1. The molecule has 3 N–H and O–H groups in total. The van der Waals surface area contributed by atoms with Gasteiger partial charge in [-0.15, -0.1) is 0 Å². The molecule has 5 heteroatoms. The molecule has 0 aromatic heterocycles. The van der Waals surface area contributed by atoms with Crippen LogP contribution in [0.2, 0.25) is 0 Å². The lowest BCUT2D eigenvalue weighted by Gasteiger charge is -2.18. The predicted molar refractivity (Wildman–Crippen MR) is 106 cm³/mol. The lowest BCUT2D eigenvalue weighted by molar-refractivity contribution is -0.123. The monoisotopic (exact) mass is 358 g/mol. The second-order valence-electron chi connectivity index (χ2n) is 5.94. The average molecular weight is 359 g/mol. The van der Waals surface area contributed by atoms with Crippen molar-refractivity contribution in [3.8, 4) is 16.9 Å². The van der Waals surface area contributed by atoms with Crippen molar-refractivity contribution in [1.29, 1.82) is 0 Å². The fourth-order valence-electron chi connectivity index (χ4n) is 2.61. The van der Waals surface area contributed by atoms with Gasteiger partial charge in [-0.25, -0.2) is 0 Å². The highest BCUT2D eigenvalue weighted by Crippen LogP contribution is 2.30. The molecule has 25 heavy (non-hydrogen) atoms. The highest BCUT2D eigenvalue weighted by Gasteiger charge is 2.16. The van der Waals surface area contributed by atoms with E-state index in [4.69, 9.17) is 10.5 Å². The van der Waals surface area contributed by atoms with E-state index in [1.165, 1.54) is 0 Å². The van der Waals surface area contributed by atoms with Gasteiger partial charge in [-0.05, 0) is 42.5 Å². The van der Waals surface area contributed by atoms with Crippen molar-refractivity contribution in [3.05, 3.63) is 54.1 Å². The number of methoxy groups -OCH3 is 1. The Kier molecular flexibility index (Phi) is 7.34. The van der Waals surface area contributed by atoms with Crippen molar-refractivity contribution in [2.45, 2.75) is 25.4 Å². The van der Waals surface area contributed by atoms with Crippen LogP contribution in [0.3, 0.4) is 0 Å². The first-order chi connectivity index (χ1) is 12.1. The summed E-state index contributed by atoms with van der Waals surface area (Å²) in [5, 5.41) is 2.99. The van der Waals surface area contributed by atoms with E-state index in [0.717, 1.165) is 28.2 Å². The summed E-state index contributed by atoms with van der Waals surface area (Å²) < 4.78 is 5.42. The Balaban J connectivity index is 2.05. The summed E-state index contributed by atoms with van der Waals surface area (Å²) in [6, 6.07) is 15.5. The van der Waals surface area contributed by atoms with Gasteiger partial charge in [0.05, 0.1) is 19.2 Å². The molecule has 0 spiro atoms. The Hall–Kier alpha value is -1.98. The summed E-state index contributed by atoms with van der Waals surface area (Å²) in [6.45, 7) is 1.97. The molecule has 0 radical (unpaired) electrons. The topological polar surface area (TPSA) is 64.3 Å². The highest BCUT2D eigenvalue weighted by atomic mass is 32.2. The molecule has 1 unspecified atom stereocenters. The quantitative estimate of drug-likeness (QED) is 0.756.